The fourth-order valence-corrected chi connectivity index (χ4v) is 0.872. The highest BCUT2D eigenvalue weighted by atomic mass is 16.4. The lowest BCUT2D eigenvalue weighted by Gasteiger charge is -1.99. The molecule has 0 unspecified atom stereocenters. The van der Waals surface area contributed by atoms with Crippen LogP contribution in [0.25, 0.3) is 0 Å². The molecule has 1 aromatic heterocycles. The third-order valence-corrected chi connectivity index (χ3v) is 1.25. The second kappa shape index (κ2) is 2.90. The molecule has 0 atom stereocenters. The molecule has 1 heterocycles. The molecule has 62 valence electrons. The van der Waals surface area contributed by atoms with Gasteiger partial charge in [0.2, 0.25) is 5.89 Å². The van der Waals surface area contributed by atoms with E-state index in [4.69, 9.17) is 4.42 Å². The zero-order valence-electron chi connectivity index (χ0n) is 7.00. The van der Waals surface area contributed by atoms with Crippen molar-refractivity contribution in [3.8, 4) is 0 Å². The fraction of sp³-hybridized carbons (Fsp3) is 0.714. The molecule has 0 saturated heterocycles. The van der Waals surface area contributed by atoms with Crippen LogP contribution in [0.3, 0.4) is 0 Å². The lowest BCUT2D eigenvalue weighted by molar-refractivity contribution is 0.425. The van der Waals surface area contributed by atoms with E-state index in [9.17, 15) is 4.79 Å². The van der Waals surface area contributed by atoms with Crippen molar-refractivity contribution in [1.82, 2.24) is 9.78 Å². The maximum atomic E-state index is 10.9. The smallest absolute Gasteiger partial charge is 0.393 e. The van der Waals surface area contributed by atoms with E-state index < -0.39 is 0 Å². The molecule has 0 spiro atoms. The summed E-state index contributed by atoms with van der Waals surface area (Å²) in [6, 6.07) is 0. The summed E-state index contributed by atoms with van der Waals surface area (Å²) in [7, 11) is 0. The normalized spacial score (nSPS) is 10.9. The molecule has 0 aliphatic rings. The maximum absolute atomic E-state index is 10.9. The van der Waals surface area contributed by atoms with Gasteiger partial charge < -0.3 is 4.42 Å². The van der Waals surface area contributed by atoms with Gasteiger partial charge in [0.05, 0.1) is 6.54 Å². The summed E-state index contributed by atoms with van der Waals surface area (Å²) in [6.07, 6.45) is 0. The van der Waals surface area contributed by atoms with Gasteiger partial charge in [-0.15, -0.1) is 5.10 Å². The minimum absolute atomic E-state index is 0.365. The molecule has 4 nitrogen and oxygen atoms in total. The van der Waals surface area contributed by atoms with Crippen LogP contribution in [0, 0.1) is 12.8 Å². The van der Waals surface area contributed by atoms with Gasteiger partial charge in [-0.1, -0.05) is 13.8 Å². The Morgan fingerprint density at radius 2 is 2.27 bits per heavy atom. The minimum Gasteiger partial charge on any atom is -0.393 e. The summed E-state index contributed by atoms with van der Waals surface area (Å²) in [6.45, 7) is 6.33. The number of nitrogens with zero attached hydrogens (tertiary/aromatic N) is 2. The van der Waals surface area contributed by atoms with E-state index in [1.165, 1.54) is 4.68 Å². The molecule has 11 heavy (non-hydrogen) atoms. The first-order valence-corrected chi connectivity index (χ1v) is 3.64. The molecule has 1 rings (SSSR count). The topological polar surface area (TPSA) is 48.0 Å². The van der Waals surface area contributed by atoms with Crippen molar-refractivity contribution in [3.63, 3.8) is 0 Å². The van der Waals surface area contributed by atoms with E-state index in [0.717, 1.165) is 0 Å². The van der Waals surface area contributed by atoms with E-state index >= 15 is 0 Å². The molecule has 0 aromatic carbocycles. The Balaban J connectivity index is 2.86. The average Bonchev–Trinajstić information content (AvgIpc) is 2.09. The standard InChI is InChI=1S/C7H12N2O2/c1-5(2)4-9-7(10)11-6(3)8-9/h5H,4H2,1-3H3. The zero-order valence-corrected chi connectivity index (χ0v) is 7.00. The molecule has 0 radical (unpaired) electrons. The van der Waals surface area contributed by atoms with Gasteiger partial charge in [-0.05, 0) is 5.92 Å². The minimum atomic E-state index is -0.365. The predicted molar refractivity (Wildman–Crippen MR) is 40.3 cm³/mol. The molecule has 0 aliphatic heterocycles. The van der Waals surface area contributed by atoms with Crippen molar-refractivity contribution in [2.45, 2.75) is 27.3 Å². The first-order chi connectivity index (χ1) is 5.09. The highest BCUT2D eigenvalue weighted by molar-refractivity contribution is 4.67. The molecular formula is C7H12N2O2. The summed E-state index contributed by atoms with van der Waals surface area (Å²) < 4.78 is 6.06. The van der Waals surface area contributed by atoms with E-state index in [-0.39, 0.29) is 5.76 Å². The Labute approximate surface area is 64.8 Å². The van der Waals surface area contributed by atoms with Crippen LogP contribution >= 0.6 is 0 Å². The molecule has 0 N–H and O–H groups in total. The molecule has 0 bridgehead atoms. The molecule has 1 aromatic rings. The first kappa shape index (κ1) is 8.04. The van der Waals surface area contributed by atoms with Crippen LogP contribution in [0.4, 0.5) is 0 Å². The van der Waals surface area contributed by atoms with Gasteiger partial charge in [0.25, 0.3) is 0 Å². The van der Waals surface area contributed by atoms with Gasteiger partial charge in [0, 0.05) is 6.92 Å². The summed E-state index contributed by atoms with van der Waals surface area (Å²) in [5, 5.41) is 3.89. The van der Waals surface area contributed by atoms with Crippen molar-refractivity contribution < 1.29 is 4.42 Å². The van der Waals surface area contributed by atoms with Crippen LogP contribution in [0.5, 0.6) is 0 Å². The van der Waals surface area contributed by atoms with Gasteiger partial charge in [-0.25, -0.2) is 4.79 Å². The second-order valence-corrected chi connectivity index (χ2v) is 2.96. The Morgan fingerprint density at radius 1 is 1.64 bits per heavy atom. The third kappa shape index (κ3) is 1.93. The van der Waals surface area contributed by atoms with Crippen molar-refractivity contribution in [2.75, 3.05) is 0 Å². The Morgan fingerprint density at radius 3 is 2.64 bits per heavy atom. The van der Waals surface area contributed by atoms with Crippen molar-refractivity contribution in [2.24, 2.45) is 5.92 Å². The van der Waals surface area contributed by atoms with E-state index in [1.54, 1.807) is 6.92 Å². The maximum Gasteiger partial charge on any atom is 0.437 e. The summed E-state index contributed by atoms with van der Waals surface area (Å²) in [5.74, 6) is 0.476. The van der Waals surface area contributed by atoms with Gasteiger partial charge in [-0.3, -0.25) is 0 Å². The van der Waals surface area contributed by atoms with E-state index in [2.05, 4.69) is 5.10 Å². The average molecular weight is 156 g/mol. The lowest BCUT2D eigenvalue weighted by Crippen LogP contribution is -2.18. The third-order valence-electron chi connectivity index (χ3n) is 1.25. The van der Waals surface area contributed by atoms with Crippen LogP contribution in [0.1, 0.15) is 19.7 Å². The van der Waals surface area contributed by atoms with Crippen molar-refractivity contribution in [3.05, 3.63) is 16.4 Å². The number of aromatic nitrogens is 2. The molecule has 4 heteroatoms. The van der Waals surface area contributed by atoms with Crippen LogP contribution in [0.15, 0.2) is 9.21 Å². The highest BCUT2D eigenvalue weighted by Crippen LogP contribution is 1.95. The summed E-state index contributed by atoms with van der Waals surface area (Å²) in [4.78, 5) is 10.9. The molecule has 0 fully saturated rings. The van der Waals surface area contributed by atoms with Gasteiger partial charge in [-0.2, -0.15) is 4.68 Å². The number of hydrogen-bond acceptors (Lipinski definition) is 3. The number of aryl methyl sites for hydroxylation is 1. The Hall–Kier alpha value is -1.06. The Kier molecular flexibility index (Phi) is 2.12. The SMILES string of the molecule is Cc1nn(CC(C)C)c(=O)o1. The zero-order chi connectivity index (χ0) is 8.43. The van der Waals surface area contributed by atoms with E-state index in [0.29, 0.717) is 18.4 Å². The highest BCUT2D eigenvalue weighted by Gasteiger charge is 2.04. The quantitative estimate of drug-likeness (QED) is 0.636. The first-order valence-electron chi connectivity index (χ1n) is 3.64. The summed E-state index contributed by atoms with van der Waals surface area (Å²) in [5.41, 5.74) is 0. The van der Waals surface area contributed by atoms with Gasteiger partial charge >= 0.3 is 5.76 Å². The number of hydrogen-bond donors (Lipinski definition) is 0. The van der Waals surface area contributed by atoms with Crippen LogP contribution < -0.4 is 5.76 Å². The number of rotatable bonds is 2. The predicted octanol–water partition coefficient (Wildman–Crippen LogP) is 0.801. The second-order valence-electron chi connectivity index (χ2n) is 2.96. The van der Waals surface area contributed by atoms with Crippen LogP contribution in [-0.4, -0.2) is 9.78 Å². The molecule has 0 amide bonds. The van der Waals surface area contributed by atoms with Crippen LogP contribution in [0.2, 0.25) is 0 Å². The Bertz CT molecular complexity index is 285. The monoisotopic (exact) mass is 156 g/mol. The van der Waals surface area contributed by atoms with Crippen molar-refractivity contribution in [1.29, 1.82) is 0 Å². The van der Waals surface area contributed by atoms with E-state index in [1.807, 2.05) is 13.8 Å². The lowest BCUT2D eigenvalue weighted by atomic mass is 10.2. The van der Waals surface area contributed by atoms with Gasteiger partial charge in [0.1, 0.15) is 0 Å². The molecule has 0 aliphatic carbocycles. The van der Waals surface area contributed by atoms with Crippen LogP contribution in [-0.2, 0) is 6.54 Å². The largest absolute Gasteiger partial charge is 0.437 e. The molecule has 0 saturated carbocycles. The molecular weight excluding hydrogens is 144 g/mol. The van der Waals surface area contributed by atoms with Crippen molar-refractivity contribution >= 4 is 0 Å². The fourth-order valence-electron chi connectivity index (χ4n) is 0.872. The van der Waals surface area contributed by atoms with Gasteiger partial charge in [0.15, 0.2) is 0 Å². The summed E-state index contributed by atoms with van der Waals surface area (Å²) >= 11 is 0.